The van der Waals surface area contributed by atoms with E-state index in [2.05, 4.69) is 29.2 Å². The summed E-state index contributed by atoms with van der Waals surface area (Å²) in [5, 5.41) is 0. The quantitative estimate of drug-likeness (QED) is 0.402. The minimum Gasteiger partial charge on any atom is -0.491 e. The molecule has 1 aliphatic heterocycles. The molecule has 0 spiro atoms. The molecule has 0 N–H and O–H groups in total. The summed E-state index contributed by atoms with van der Waals surface area (Å²) in [7, 11) is -3.34. The van der Waals surface area contributed by atoms with E-state index in [-0.39, 0.29) is 10.8 Å². The Labute approximate surface area is 202 Å². The maximum absolute atomic E-state index is 13.5. The fourth-order valence-corrected chi connectivity index (χ4v) is 5.59. The molecule has 2 heterocycles. The summed E-state index contributed by atoms with van der Waals surface area (Å²) in [6.07, 6.45) is 1.74. The van der Waals surface area contributed by atoms with E-state index in [1.165, 1.54) is 12.3 Å². The number of carbonyl (C=O) groups excluding carboxylic acids is 1. The van der Waals surface area contributed by atoms with Gasteiger partial charge in [-0.2, -0.15) is 0 Å². The summed E-state index contributed by atoms with van der Waals surface area (Å²) >= 11 is 1.61. The minimum atomic E-state index is -3.34. The van der Waals surface area contributed by atoms with Crippen molar-refractivity contribution < 1.29 is 17.9 Å². The van der Waals surface area contributed by atoms with Crippen molar-refractivity contribution in [3.63, 3.8) is 0 Å². The van der Waals surface area contributed by atoms with E-state index in [4.69, 9.17) is 4.74 Å². The zero-order valence-corrected chi connectivity index (χ0v) is 20.6. The third-order valence-corrected chi connectivity index (χ3v) is 8.03. The van der Waals surface area contributed by atoms with Crippen LogP contribution in [0.4, 0.5) is 0 Å². The highest BCUT2D eigenvalue weighted by Crippen LogP contribution is 2.32. The minimum absolute atomic E-state index is 0.123. The number of aromatic nitrogens is 1. The van der Waals surface area contributed by atoms with Gasteiger partial charge in [-0.25, -0.2) is 13.4 Å². The number of rotatable bonds is 4. The van der Waals surface area contributed by atoms with E-state index >= 15 is 0 Å². The summed E-state index contributed by atoms with van der Waals surface area (Å²) in [6, 6.07) is 17.0. The Bertz CT molecular complexity index is 1510. The molecule has 0 radical (unpaired) electrons. The monoisotopic (exact) mass is 492 g/mol. The van der Waals surface area contributed by atoms with Gasteiger partial charge in [-0.15, -0.1) is 11.3 Å². The van der Waals surface area contributed by atoms with E-state index in [0.29, 0.717) is 31.7 Å². The SMILES string of the molecule is CCc1cc(S(C)(=O)=O)ccc1C(=O)N1CCOc2ccc(-c3ccc4scnc4c3)cc2C1. The Morgan fingerprint density at radius 3 is 2.68 bits per heavy atom. The number of hydrogen-bond donors (Lipinski definition) is 0. The molecule has 1 aromatic heterocycles. The second-order valence-corrected chi connectivity index (χ2v) is 11.3. The van der Waals surface area contributed by atoms with Gasteiger partial charge in [0.05, 0.1) is 27.2 Å². The largest absolute Gasteiger partial charge is 0.491 e. The highest BCUT2D eigenvalue weighted by Gasteiger charge is 2.24. The van der Waals surface area contributed by atoms with Gasteiger partial charge < -0.3 is 9.64 Å². The van der Waals surface area contributed by atoms with Crippen LogP contribution in [0.15, 0.2) is 65.0 Å². The van der Waals surface area contributed by atoms with Crippen molar-refractivity contribution in [2.24, 2.45) is 0 Å². The van der Waals surface area contributed by atoms with Crippen LogP contribution in [-0.2, 0) is 22.8 Å². The lowest BCUT2D eigenvalue weighted by atomic mass is 10.0. The van der Waals surface area contributed by atoms with Crippen LogP contribution in [-0.4, -0.2) is 43.6 Å². The van der Waals surface area contributed by atoms with E-state index in [1.807, 2.05) is 24.6 Å². The third kappa shape index (κ3) is 4.31. The van der Waals surface area contributed by atoms with E-state index in [1.54, 1.807) is 28.4 Å². The van der Waals surface area contributed by atoms with Gasteiger partial charge in [0, 0.05) is 23.9 Å². The fourth-order valence-electron chi connectivity index (χ4n) is 4.26. The van der Waals surface area contributed by atoms with Gasteiger partial charge in [0.25, 0.3) is 5.91 Å². The molecule has 6 nitrogen and oxygen atoms in total. The number of benzene rings is 3. The van der Waals surface area contributed by atoms with E-state index < -0.39 is 9.84 Å². The molecule has 0 bridgehead atoms. The van der Waals surface area contributed by atoms with E-state index in [0.717, 1.165) is 38.2 Å². The lowest BCUT2D eigenvalue weighted by Crippen LogP contribution is -2.33. The van der Waals surface area contributed by atoms with Crippen molar-refractivity contribution in [1.82, 2.24) is 9.88 Å². The highest BCUT2D eigenvalue weighted by molar-refractivity contribution is 7.90. The molecule has 0 atom stereocenters. The van der Waals surface area contributed by atoms with Crippen LogP contribution in [0.1, 0.15) is 28.4 Å². The normalized spacial score (nSPS) is 13.9. The molecule has 34 heavy (non-hydrogen) atoms. The van der Waals surface area contributed by atoms with Gasteiger partial charge >= 0.3 is 0 Å². The molecule has 0 saturated heterocycles. The van der Waals surface area contributed by atoms with Gasteiger partial charge in [0.15, 0.2) is 9.84 Å². The molecular weight excluding hydrogens is 468 g/mol. The second kappa shape index (κ2) is 8.85. The van der Waals surface area contributed by atoms with Crippen molar-refractivity contribution in [3.8, 4) is 16.9 Å². The molecule has 1 amide bonds. The number of thiazole rings is 1. The predicted octanol–water partition coefficient (Wildman–Crippen LogP) is 4.96. The lowest BCUT2D eigenvalue weighted by molar-refractivity contribution is 0.0732. The third-order valence-electron chi connectivity index (χ3n) is 6.11. The number of carbonyl (C=O) groups is 1. The van der Waals surface area contributed by atoms with Crippen LogP contribution in [0.3, 0.4) is 0 Å². The standard InChI is InChI=1S/C26H24N2O4S2/c1-3-17-13-21(34(2,30)31)6-7-22(17)26(29)28-10-11-32-24-8-4-18(12-20(24)15-28)19-5-9-25-23(14-19)27-16-33-25/h4-9,12-14,16H,3,10-11,15H2,1-2H3. The highest BCUT2D eigenvalue weighted by atomic mass is 32.2. The Morgan fingerprint density at radius 2 is 1.88 bits per heavy atom. The first kappa shape index (κ1) is 22.6. The summed E-state index contributed by atoms with van der Waals surface area (Å²) in [6.45, 7) is 3.18. The van der Waals surface area contributed by atoms with Crippen LogP contribution in [0.5, 0.6) is 5.75 Å². The first-order valence-electron chi connectivity index (χ1n) is 11.0. The molecule has 4 aromatic rings. The molecular formula is C26H24N2O4S2. The molecule has 0 unspecified atom stereocenters. The van der Waals surface area contributed by atoms with Crippen LogP contribution in [0, 0.1) is 0 Å². The van der Waals surface area contributed by atoms with Crippen LogP contribution in [0.25, 0.3) is 21.3 Å². The number of fused-ring (bicyclic) bond motifs is 2. The topological polar surface area (TPSA) is 76.6 Å². The molecule has 3 aromatic carbocycles. The molecule has 0 saturated carbocycles. The smallest absolute Gasteiger partial charge is 0.254 e. The number of sulfone groups is 1. The Hall–Kier alpha value is -3.23. The summed E-state index contributed by atoms with van der Waals surface area (Å²) in [5.41, 5.74) is 7.11. The number of amides is 1. The second-order valence-electron chi connectivity index (χ2n) is 8.38. The van der Waals surface area contributed by atoms with Gasteiger partial charge in [0.1, 0.15) is 12.4 Å². The van der Waals surface area contributed by atoms with Gasteiger partial charge in [-0.1, -0.05) is 19.1 Å². The fraction of sp³-hybridized carbons (Fsp3) is 0.231. The van der Waals surface area contributed by atoms with Crippen LogP contribution in [0.2, 0.25) is 0 Å². The Kier molecular flexibility index (Phi) is 5.87. The van der Waals surface area contributed by atoms with Crippen LogP contribution < -0.4 is 4.74 Å². The number of ether oxygens (including phenoxy) is 1. The van der Waals surface area contributed by atoms with Gasteiger partial charge in [0.2, 0.25) is 0 Å². The van der Waals surface area contributed by atoms with Crippen molar-refractivity contribution in [1.29, 1.82) is 0 Å². The van der Waals surface area contributed by atoms with Gasteiger partial charge in [-0.3, -0.25) is 4.79 Å². The van der Waals surface area contributed by atoms with E-state index in [9.17, 15) is 13.2 Å². The zero-order valence-electron chi connectivity index (χ0n) is 18.9. The molecule has 5 rings (SSSR count). The van der Waals surface area contributed by atoms with Crippen molar-refractivity contribution in [2.75, 3.05) is 19.4 Å². The molecule has 174 valence electrons. The van der Waals surface area contributed by atoms with Crippen LogP contribution >= 0.6 is 11.3 Å². The number of aryl methyl sites for hydroxylation is 1. The summed E-state index contributed by atoms with van der Waals surface area (Å²) < 4.78 is 31.0. The molecule has 1 aliphatic rings. The Balaban J connectivity index is 1.46. The Morgan fingerprint density at radius 1 is 1.09 bits per heavy atom. The summed E-state index contributed by atoms with van der Waals surface area (Å²) in [4.78, 5) is 19.9. The average molecular weight is 493 g/mol. The maximum Gasteiger partial charge on any atom is 0.254 e. The van der Waals surface area contributed by atoms with Crippen molar-refractivity contribution in [2.45, 2.75) is 24.8 Å². The predicted molar refractivity (Wildman–Crippen MR) is 134 cm³/mol. The van der Waals surface area contributed by atoms with Crippen molar-refractivity contribution >= 4 is 37.3 Å². The molecule has 0 aliphatic carbocycles. The molecule has 0 fully saturated rings. The lowest BCUT2D eigenvalue weighted by Gasteiger charge is -2.22. The maximum atomic E-state index is 13.5. The zero-order chi connectivity index (χ0) is 23.9. The summed E-state index contributed by atoms with van der Waals surface area (Å²) in [5.74, 6) is 0.652. The number of hydrogen-bond acceptors (Lipinski definition) is 6. The first-order valence-corrected chi connectivity index (χ1v) is 13.8. The number of nitrogens with zero attached hydrogens (tertiary/aromatic N) is 2. The first-order chi connectivity index (χ1) is 16.3. The molecule has 8 heteroatoms. The van der Waals surface area contributed by atoms with Crippen molar-refractivity contribution in [3.05, 3.63) is 76.8 Å². The average Bonchev–Trinajstić information content (AvgIpc) is 3.20. The van der Waals surface area contributed by atoms with Gasteiger partial charge in [-0.05, 0) is 65.6 Å².